The first-order chi connectivity index (χ1) is 15.8. The van der Waals surface area contributed by atoms with E-state index in [2.05, 4.69) is 78.6 Å². The second-order valence-electron chi connectivity index (χ2n) is 9.24. The summed E-state index contributed by atoms with van der Waals surface area (Å²) >= 11 is 10.2. The normalized spacial score (nSPS) is 16.9. The largest absolute Gasteiger partial charge is 0.492 e. The first kappa shape index (κ1) is 26.9. The number of β-amino-alcohol motifs (C(OH)–C–C–N with tert-alkyl or cyclic N) is 1. The molecule has 2 aromatic rings. The van der Waals surface area contributed by atoms with Gasteiger partial charge in [-0.05, 0) is 58.0 Å². The summed E-state index contributed by atoms with van der Waals surface area (Å²) in [6.45, 7) is 10.2. The minimum Gasteiger partial charge on any atom is -0.492 e. The SMILES string of the molecule is C[C@@H](CCl)COc1ccc(C(C)(C)c2ccc(OC[C@@H](O)CN3CCSCC3)cc2)cc1I. The monoisotopic (exact) mass is 603 g/mol. The van der Waals surface area contributed by atoms with Crippen molar-refractivity contribution in [1.29, 1.82) is 0 Å². The molecule has 0 bridgehead atoms. The summed E-state index contributed by atoms with van der Waals surface area (Å²) in [5.41, 5.74) is 2.28. The van der Waals surface area contributed by atoms with Crippen LogP contribution >= 0.6 is 46.0 Å². The topological polar surface area (TPSA) is 41.9 Å². The predicted molar refractivity (Wildman–Crippen MR) is 148 cm³/mol. The summed E-state index contributed by atoms with van der Waals surface area (Å²) in [5, 5.41) is 10.3. The summed E-state index contributed by atoms with van der Waals surface area (Å²) < 4.78 is 12.9. The number of aliphatic hydroxyl groups excluding tert-OH is 1. The molecule has 4 nitrogen and oxygen atoms in total. The maximum Gasteiger partial charge on any atom is 0.132 e. The zero-order valence-corrected chi connectivity index (χ0v) is 23.5. The molecular formula is C26H35ClINO3S. The minimum atomic E-state index is -0.473. The van der Waals surface area contributed by atoms with Gasteiger partial charge in [0.2, 0.25) is 0 Å². The first-order valence-corrected chi connectivity index (χ1v) is 14.3. The van der Waals surface area contributed by atoms with Crippen LogP contribution in [0.3, 0.4) is 0 Å². The Morgan fingerprint density at radius 3 is 2.36 bits per heavy atom. The molecule has 1 fully saturated rings. The molecule has 182 valence electrons. The average molecular weight is 604 g/mol. The van der Waals surface area contributed by atoms with Crippen LogP contribution in [0.15, 0.2) is 42.5 Å². The number of aliphatic hydroxyl groups is 1. The van der Waals surface area contributed by atoms with E-state index < -0.39 is 6.10 Å². The van der Waals surface area contributed by atoms with Crippen molar-refractivity contribution in [3.8, 4) is 11.5 Å². The molecule has 0 aromatic heterocycles. The number of hydrogen-bond donors (Lipinski definition) is 1. The van der Waals surface area contributed by atoms with E-state index in [0.717, 1.165) is 39.7 Å². The van der Waals surface area contributed by atoms with Crippen LogP contribution in [0.5, 0.6) is 11.5 Å². The highest BCUT2D eigenvalue weighted by Crippen LogP contribution is 2.35. The molecule has 0 saturated carbocycles. The standard InChI is InChI=1S/C26H35ClINO3S/c1-19(15-27)17-32-25-9-6-21(14-24(25)28)26(2,3)20-4-7-23(8-5-20)31-18-22(30)16-29-10-12-33-13-11-29/h4-9,14,19,22,30H,10-13,15-18H2,1-3H3/t19-,22-/m0/s1. The molecule has 0 radical (unpaired) electrons. The highest BCUT2D eigenvalue weighted by molar-refractivity contribution is 14.1. The van der Waals surface area contributed by atoms with Crippen molar-refractivity contribution in [3.05, 3.63) is 57.2 Å². The summed E-state index contributed by atoms with van der Waals surface area (Å²) in [6.07, 6.45) is -0.473. The summed E-state index contributed by atoms with van der Waals surface area (Å²) in [7, 11) is 0. The van der Waals surface area contributed by atoms with E-state index >= 15 is 0 Å². The van der Waals surface area contributed by atoms with Crippen molar-refractivity contribution in [2.24, 2.45) is 5.92 Å². The molecule has 0 amide bonds. The van der Waals surface area contributed by atoms with Crippen molar-refractivity contribution < 1.29 is 14.6 Å². The van der Waals surface area contributed by atoms with Crippen LogP contribution in [0, 0.1) is 9.49 Å². The molecule has 1 heterocycles. The van der Waals surface area contributed by atoms with Gasteiger partial charge in [-0.2, -0.15) is 11.8 Å². The van der Waals surface area contributed by atoms with Gasteiger partial charge in [-0.25, -0.2) is 0 Å². The molecule has 1 N–H and O–H groups in total. The fourth-order valence-electron chi connectivity index (χ4n) is 3.74. The summed E-state index contributed by atoms with van der Waals surface area (Å²) in [6, 6.07) is 14.6. The van der Waals surface area contributed by atoms with Gasteiger partial charge in [0, 0.05) is 48.4 Å². The van der Waals surface area contributed by atoms with Gasteiger partial charge in [-0.3, -0.25) is 4.90 Å². The first-order valence-electron chi connectivity index (χ1n) is 11.5. The summed E-state index contributed by atoms with van der Waals surface area (Å²) in [4.78, 5) is 2.31. The molecule has 1 aliphatic heterocycles. The lowest BCUT2D eigenvalue weighted by molar-refractivity contribution is 0.0715. The molecule has 1 aliphatic rings. The van der Waals surface area contributed by atoms with Gasteiger partial charge in [0.05, 0.1) is 10.2 Å². The lowest BCUT2D eigenvalue weighted by Gasteiger charge is -2.28. The second-order valence-corrected chi connectivity index (χ2v) is 11.9. The van der Waals surface area contributed by atoms with Crippen molar-refractivity contribution in [1.82, 2.24) is 4.90 Å². The number of thioether (sulfide) groups is 1. The van der Waals surface area contributed by atoms with Gasteiger partial charge < -0.3 is 14.6 Å². The Balaban J connectivity index is 1.57. The van der Waals surface area contributed by atoms with Gasteiger partial charge in [0.25, 0.3) is 0 Å². The van der Waals surface area contributed by atoms with Gasteiger partial charge >= 0.3 is 0 Å². The van der Waals surface area contributed by atoms with Gasteiger partial charge in [-0.15, -0.1) is 11.6 Å². The third-order valence-corrected chi connectivity index (χ3v) is 8.34. The van der Waals surface area contributed by atoms with Crippen molar-refractivity contribution in [3.63, 3.8) is 0 Å². The maximum absolute atomic E-state index is 10.3. The summed E-state index contributed by atoms with van der Waals surface area (Å²) in [5.74, 6) is 4.90. The van der Waals surface area contributed by atoms with E-state index in [9.17, 15) is 5.11 Å². The molecule has 33 heavy (non-hydrogen) atoms. The third-order valence-electron chi connectivity index (χ3n) is 6.03. The molecule has 0 spiro atoms. The van der Waals surface area contributed by atoms with E-state index in [-0.39, 0.29) is 5.41 Å². The minimum absolute atomic E-state index is 0.161. The maximum atomic E-state index is 10.3. The molecular weight excluding hydrogens is 569 g/mol. The Kier molecular flexibility index (Phi) is 10.5. The van der Waals surface area contributed by atoms with E-state index in [0.29, 0.717) is 31.6 Å². The smallest absolute Gasteiger partial charge is 0.132 e. The number of ether oxygens (including phenoxy) is 2. The lowest BCUT2D eigenvalue weighted by Crippen LogP contribution is -2.40. The Bertz CT molecular complexity index is 874. The van der Waals surface area contributed by atoms with E-state index in [1.807, 2.05) is 23.9 Å². The molecule has 3 rings (SSSR count). The lowest BCUT2D eigenvalue weighted by atomic mass is 9.78. The van der Waals surface area contributed by atoms with Crippen LogP contribution in [0.2, 0.25) is 0 Å². The second kappa shape index (κ2) is 12.9. The average Bonchev–Trinajstić information content (AvgIpc) is 2.82. The van der Waals surface area contributed by atoms with Crippen LogP contribution < -0.4 is 9.47 Å². The number of benzene rings is 2. The highest BCUT2D eigenvalue weighted by atomic mass is 127. The van der Waals surface area contributed by atoms with Crippen LogP contribution in [-0.2, 0) is 5.41 Å². The van der Waals surface area contributed by atoms with E-state index in [1.54, 1.807) is 0 Å². The van der Waals surface area contributed by atoms with Crippen LogP contribution in [-0.4, -0.2) is 66.3 Å². The Hall–Kier alpha value is -0.670. The zero-order chi connectivity index (χ0) is 23.8. The molecule has 7 heteroatoms. The number of rotatable bonds is 11. The van der Waals surface area contributed by atoms with Gasteiger partial charge in [0.15, 0.2) is 0 Å². The van der Waals surface area contributed by atoms with Crippen molar-refractivity contribution in [2.45, 2.75) is 32.3 Å². The van der Waals surface area contributed by atoms with Crippen LogP contribution in [0.4, 0.5) is 0 Å². The molecule has 1 saturated heterocycles. The van der Waals surface area contributed by atoms with Crippen LogP contribution in [0.1, 0.15) is 31.9 Å². The number of halogens is 2. The van der Waals surface area contributed by atoms with Gasteiger partial charge in [0.1, 0.15) is 24.2 Å². The predicted octanol–water partition coefficient (Wildman–Crippen LogP) is 5.66. The molecule has 2 aromatic carbocycles. The van der Waals surface area contributed by atoms with E-state index in [4.69, 9.17) is 21.1 Å². The van der Waals surface area contributed by atoms with E-state index in [1.165, 1.54) is 11.1 Å². The van der Waals surface area contributed by atoms with Crippen molar-refractivity contribution in [2.75, 3.05) is 50.2 Å². The zero-order valence-electron chi connectivity index (χ0n) is 19.7. The number of alkyl halides is 1. The number of hydrogen-bond acceptors (Lipinski definition) is 5. The quantitative estimate of drug-likeness (QED) is 0.265. The highest BCUT2D eigenvalue weighted by Gasteiger charge is 2.24. The molecule has 0 unspecified atom stereocenters. The Labute approximate surface area is 221 Å². The van der Waals surface area contributed by atoms with Crippen molar-refractivity contribution >= 4 is 46.0 Å². The number of nitrogens with zero attached hydrogens (tertiary/aromatic N) is 1. The Morgan fingerprint density at radius 2 is 1.73 bits per heavy atom. The van der Waals surface area contributed by atoms with Gasteiger partial charge in [-0.1, -0.05) is 39.0 Å². The molecule has 2 atom stereocenters. The Morgan fingerprint density at radius 1 is 1.06 bits per heavy atom. The fourth-order valence-corrected chi connectivity index (χ4v) is 5.48. The third kappa shape index (κ3) is 7.92. The fraction of sp³-hybridized carbons (Fsp3) is 0.538. The van der Waals surface area contributed by atoms with Crippen LogP contribution in [0.25, 0.3) is 0 Å². The molecule has 0 aliphatic carbocycles.